The van der Waals surface area contributed by atoms with Crippen LogP contribution < -0.4 is 11.1 Å². The summed E-state index contributed by atoms with van der Waals surface area (Å²) in [5.41, 5.74) is 9.18. The van der Waals surface area contributed by atoms with Gasteiger partial charge in [0.2, 0.25) is 0 Å². The third-order valence-corrected chi connectivity index (χ3v) is 5.36. The van der Waals surface area contributed by atoms with E-state index in [9.17, 15) is 4.79 Å². The number of nitrogens with one attached hydrogen (secondary N) is 1. The summed E-state index contributed by atoms with van der Waals surface area (Å²) in [6.07, 6.45) is 0. The summed E-state index contributed by atoms with van der Waals surface area (Å²) in [4.78, 5) is 20.9. The topological polar surface area (TPSA) is 80.9 Å². The highest BCUT2D eigenvalue weighted by molar-refractivity contribution is 7.14. The number of amides is 1. The van der Waals surface area contributed by atoms with Crippen molar-refractivity contribution in [3.8, 4) is 11.3 Å². The van der Waals surface area contributed by atoms with Crippen LogP contribution in [0.1, 0.15) is 41.8 Å². The lowest BCUT2D eigenvalue weighted by molar-refractivity contribution is 0.102. The van der Waals surface area contributed by atoms with Gasteiger partial charge in [0.25, 0.3) is 5.91 Å². The average Bonchev–Trinajstić information content (AvgIpc) is 3.23. The van der Waals surface area contributed by atoms with Gasteiger partial charge < -0.3 is 5.73 Å². The van der Waals surface area contributed by atoms with Gasteiger partial charge in [-0.15, -0.1) is 22.7 Å². The Kier molecular flexibility index (Phi) is 4.99. The molecular weight excluding hydrogens is 352 g/mol. The van der Waals surface area contributed by atoms with Crippen molar-refractivity contribution >= 4 is 33.7 Å². The molecule has 0 aliphatic heterocycles. The second-order valence-corrected chi connectivity index (χ2v) is 8.45. The molecule has 5 nitrogen and oxygen atoms in total. The number of anilines is 1. The number of carbonyl (C=O) groups excluding carboxylic acids is 1. The van der Waals surface area contributed by atoms with Crippen LogP contribution in [-0.2, 0) is 12.0 Å². The van der Waals surface area contributed by atoms with Crippen LogP contribution in [0.25, 0.3) is 11.3 Å². The summed E-state index contributed by atoms with van der Waals surface area (Å²) < 4.78 is 0. The van der Waals surface area contributed by atoms with Crippen molar-refractivity contribution in [2.24, 2.45) is 5.73 Å². The van der Waals surface area contributed by atoms with Crippen LogP contribution in [0.3, 0.4) is 0 Å². The van der Waals surface area contributed by atoms with Crippen LogP contribution in [0.2, 0.25) is 0 Å². The number of hydrogen-bond donors (Lipinski definition) is 2. The number of carbonyl (C=O) groups is 1. The molecule has 0 fully saturated rings. The summed E-state index contributed by atoms with van der Waals surface area (Å²) in [5, 5.41) is 7.73. The molecule has 2 heterocycles. The maximum Gasteiger partial charge on any atom is 0.276 e. The minimum Gasteiger partial charge on any atom is -0.325 e. The molecule has 3 aromatic rings. The van der Waals surface area contributed by atoms with Gasteiger partial charge in [-0.25, -0.2) is 9.97 Å². The first kappa shape index (κ1) is 17.7. The van der Waals surface area contributed by atoms with E-state index in [2.05, 4.69) is 60.3 Å². The Hall–Kier alpha value is -2.09. The molecule has 0 aliphatic carbocycles. The molecule has 0 unspecified atom stereocenters. The first-order valence-corrected chi connectivity index (χ1v) is 9.65. The van der Waals surface area contributed by atoms with E-state index in [0.717, 1.165) is 16.3 Å². The van der Waals surface area contributed by atoms with Crippen LogP contribution in [0.15, 0.2) is 35.0 Å². The van der Waals surface area contributed by atoms with Crippen molar-refractivity contribution in [3.05, 3.63) is 51.3 Å². The van der Waals surface area contributed by atoms with E-state index in [1.54, 1.807) is 5.38 Å². The molecule has 1 amide bonds. The largest absolute Gasteiger partial charge is 0.325 e. The van der Waals surface area contributed by atoms with E-state index in [1.165, 1.54) is 28.2 Å². The van der Waals surface area contributed by atoms with Crippen LogP contribution in [-0.4, -0.2) is 15.9 Å². The standard InChI is InChI=1S/C18H20N4OS2/c1-18(2,3)12-6-4-11(5-7-12)13-9-25-17(21-13)22-16(23)14-10-24-15(8-19)20-14/h4-7,9-10H,8,19H2,1-3H3,(H,21,22,23). The lowest BCUT2D eigenvalue weighted by Crippen LogP contribution is -2.12. The molecule has 0 saturated heterocycles. The highest BCUT2D eigenvalue weighted by atomic mass is 32.1. The zero-order valence-corrected chi connectivity index (χ0v) is 16.0. The SMILES string of the molecule is CC(C)(C)c1ccc(-c2csc(NC(=O)c3csc(CN)n3)n2)cc1. The van der Waals surface area contributed by atoms with Crippen molar-refractivity contribution in [1.82, 2.24) is 9.97 Å². The van der Waals surface area contributed by atoms with Gasteiger partial charge in [0.15, 0.2) is 5.13 Å². The van der Waals surface area contributed by atoms with Crippen LogP contribution >= 0.6 is 22.7 Å². The maximum atomic E-state index is 12.2. The number of aromatic nitrogens is 2. The quantitative estimate of drug-likeness (QED) is 0.716. The van der Waals surface area contributed by atoms with Gasteiger partial charge in [-0.1, -0.05) is 45.0 Å². The Bertz CT molecular complexity index is 875. The van der Waals surface area contributed by atoms with Crippen LogP contribution in [0, 0.1) is 0 Å². The van der Waals surface area contributed by atoms with Crippen molar-refractivity contribution < 1.29 is 4.79 Å². The summed E-state index contributed by atoms with van der Waals surface area (Å²) in [6.45, 7) is 6.90. The predicted octanol–water partition coefficient (Wildman–Crippen LogP) is 4.28. The molecule has 0 bridgehead atoms. The van der Waals surface area contributed by atoms with E-state index in [4.69, 9.17) is 5.73 Å². The molecular formula is C18H20N4OS2. The number of thiazole rings is 2. The second kappa shape index (κ2) is 7.03. The van der Waals surface area contributed by atoms with Crippen LogP contribution in [0.4, 0.5) is 5.13 Å². The first-order chi connectivity index (χ1) is 11.9. The maximum absolute atomic E-state index is 12.2. The number of nitrogens with zero attached hydrogens (tertiary/aromatic N) is 2. The van der Waals surface area contributed by atoms with Gasteiger partial charge in [-0.2, -0.15) is 0 Å². The van der Waals surface area contributed by atoms with E-state index >= 15 is 0 Å². The summed E-state index contributed by atoms with van der Waals surface area (Å²) >= 11 is 2.78. The number of hydrogen-bond acceptors (Lipinski definition) is 6. The second-order valence-electron chi connectivity index (χ2n) is 6.65. The summed E-state index contributed by atoms with van der Waals surface area (Å²) in [7, 11) is 0. The Morgan fingerprint density at radius 3 is 2.44 bits per heavy atom. The van der Waals surface area contributed by atoms with Gasteiger partial charge in [-0.05, 0) is 11.0 Å². The highest BCUT2D eigenvalue weighted by Crippen LogP contribution is 2.28. The molecule has 2 aromatic heterocycles. The third-order valence-electron chi connectivity index (χ3n) is 3.73. The molecule has 0 spiro atoms. The smallest absolute Gasteiger partial charge is 0.276 e. The summed E-state index contributed by atoms with van der Waals surface area (Å²) in [5.74, 6) is -0.264. The van der Waals surface area contributed by atoms with E-state index in [1.807, 2.05) is 5.38 Å². The first-order valence-electron chi connectivity index (χ1n) is 7.89. The third kappa shape index (κ3) is 4.12. The lowest BCUT2D eigenvalue weighted by Gasteiger charge is -2.18. The molecule has 130 valence electrons. The molecule has 0 radical (unpaired) electrons. The molecule has 7 heteroatoms. The minimum absolute atomic E-state index is 0.121. The molecule has 3 rings (SSSR count). The van der Waals surface area contributed by atoms with Crippen molar-refractivity contribution in [2.45, 2.75) is 32.7 Å². The summed E-state index contributed by atoms with van der Waals surface area (Å²) in [6, 6.07) is 8.37. The van der Waals surface area contributed by atoms with Gasteiger partial charge in [0, 0.05) is 22.9 Å². The lowest BCUT2D eigenvalue weighted by atomic mass is 9.86. The normalized spacial score (nSPS) is 11.5. The molecule has 25 heavy (non-hydrogen) atoms. The zero-order valence-electron chi connectivity index (χ0n) is 14.4. The van der Waals surface area contributed by atoms with Crippen molar-refractivity contribution in [3.63, 3.8) is 0 Å². The number of rotatable bonds is 4. The fourth-order valence-electron chi connectivity index (χ4n) is 2.27. The highest BCUT2D eigenvalue weighted by Gasteiger charge is 2.15. The van der Waals surface area contributed by atoms with E-state index < -0.39 is 0 Å². The van der Waals surface area contributed by atoms with Crippen molar-refractivity contribution in [1.29, 1.82) is 0 Å². The Morgan fingerprint density at radius 2 is 1.84 bits per heavy atom. The monoisotopic (exact) mass is 372 g/mol. The van der Waals surface area contributed by atoms with E-state index in [-0.39, 0.29) is 11.3 Å². The average molecular weight is 373 g/mol. The predicted molar refractivity (Wildman–Crippen MR) is 104 cm³/mol. The fraction of sp³-hybridized carbons (Fsp3) is 0.278. The molecule has 0 atom stereocenters. The zero-order chi connectivity index (χ0) is 18.0. The Balaban J connectivity index is 1.73. The Labute approximate surface area is 155 Å². The van der Waals surface area contributed by atoms with Crippen molar-refractivity contribution in [2.75, 3.05) is 5.32 Å². The number of benzene rings is 1. The van der Waals surface area contributed by atoms with Gasteiger partial charge in [0.05, 0.1) is 5.69 Å². The van der Waals surface area contributed by atoms with Gasteiger partial charge in [0.1, 0.15) is 10.7 Å². The number of nitrogens with two attached hydrogens (primary N) is 1. The van der Waals surface area contributed by atoms with Gasteiger partial charge >= 0.3 is 0 Å². The molecule has 3 N–H and O–H groups in total. The molecule has 0 aliphatic rings. The Morgan fingerprint density at radius 1 is 1.12 bits per heavy atom. The molecule has 0 saturated carbocycles. The minimum atomic E-state index is -0.264. The molecule has 1 aromatic carbocycles. The van der Waals surface area contributed by atoms with Gasteiger partial charge in [-0.3, -0.25) is 10.1 Å². The van der Waals surface area contributed by atoms with E-state index in [0.29, 0.717) is 17.4 Å². The fourth-order valence-corrected chi connectivity index (χ4v) is 3.64. The van der Waals surface area contributed by atoms with Crippen LogP contribution in [0.5, 0.6) is 0 Å².